The first kappa shape index (κ1) is 20.8. The maximum absolute atomic E-state index is 12.9. The number of aromatic nitrogens is 2. The van der Waals surface area contributed by atoms with Gasteiger partial charge in [-0.05, 0) is 51.3 Å². The first-order valence-corrected chi connectivity index (χ1v) is 11.1. The Morgan fingerprint density at radius 3 is 2.46 bits per heavy atom. The van der Waals surface area contributed by atoms with Crippen LogP contribution in [0.3, 0.4) is 0 Å². The number of nitrogens with one attached hydrogen (secondary N) is 1. The number of nitrogens with zero attached hydrogens (tertiary/aromatic N) is 3. The Labute approximate surface area is 170 Å². The van der Waals surface area contributed by atoms with Crippen LogP contribution in [0.25, 0.3) is 0 Å². The number of hydrogen-bond acceptors (Lipinski definition) is 4. The van der Waals surface area contributed by atoms with E-state index in [-0.39, 0.29) is 17.3 Å². The fourth-order valence-corrected chi connectivity index (χ4v) is 4.98. The van der Waals surface area contributed by atoms with Gasteiger partial charge in [0, 0.05) is 18.8 Å². The predicted octanol–water partition coefficient (Wildman–Crippen LogP) is 3.28. The second kappa shape index (κ2) is 8.23. The fraction of sp³-hybridized carbons (Fsp3) is 0.474. The molecule has 1 aromatic heterocycles. The molecule has 0 unspecified atom stereocenters. The average molecular weight is 425 g/mol. The van der Waals surface area contributed by atoms with Gasteiger partial charge in [0.2, 0.25) is 15.9 Å². The smallest absolute Gasteiger partial charge is 0.246 e. The van der Waals surface area contributed by atoms with Gasteiger partial charge < -0.3 is 5.32 Å². The van der Waals surface area contributed by atoms with Crippen LogP contribution < -0.4 is 5.32 Å². The fourth-order valence-electron chi connectivity index (χ4n) is 3.31. The van der Waals surface area contributed by atoms with Crippen molar-refractivity contribution >= 4 is 33.2 Å². The van der Waals surface area contributed by atoms with Crippen LogP contribution in [-0.4, -0.2) is 41.5 Å². The minimum Gasteiger partial charge on any atom is -0.324 e. The highest BCUT2D eigenvalue weighted by Crippen LogP contribution is 2.25. The molecule has 7 nitrogen and oxygen atoms in total. The van der Waals surface area contributed by atoms with Crippen molar-refractivity contribution in [3.63, 3.8) is 0 Å². The van der Waals surface area contributed by atoms with Crippen molar-refractivity contribution in [1.82, 2.24) is 14.1 Å². The molecule has 0 bridgehead atoms. The standard InChI is InChI=1S/C19H25ClN4O3S/c1-13-7-8-16(28(26,27)23-9-5-4-6-10-23)11-17(13)21-18(25)12-24-15(3)19(20)14(2)22-24/h7-8,11H,4-6,9-10,12H2,1-3H3,(H,21,25). The van der Waals surface area contributed by atoms with Crippen molar-refractivity contribution < 1.29 is 13.2 Å². The summed E-state index contributed by atoms with van der Waals surface area (Å²) in [6, 6.07) is 4.84. The maximum atomic E-state index is 12.9. The molecule has 3 rings (SSSR count). The van der Waals surface area contributed by atoms with Crippen LogP contribution in [0, 0.1) is 20.8 Å². The lowest BCUT2D eigenvalue weighted by molar-refractivity contribution is -0.116. The number of carbonyl (C=O) groups excluding carboxylic acids is 1. The number of benzene rings is 1. The summed E-state index contributed by atoms with van der Waals surface area (Å²) in [5.74, 6) is -0.294. The van der Waals surface area contributed by atoms with Crippen molar-refractivity contribution in [2.24, 2.45) is 0 Å². The number of hydrogen-bond donors (Lipinski definition) is 1. The summed E-state index contributed by atoms with van der Waals surface area (Å²) < 4.78 is 28.9. The van der Waals surface area contributed by atoms with Crippen LogP contribution >= 0.6 is 11.6 Å². The number of rotatable bonds is 5. The molecular formula is C19H25ClN4O3S. The SMILES string of the molecule is Cc1ccc(S(=O)(=O)N2CCCCC2)cc1NC(=O)Cn1nc(C)c(Cl)c1C. The van der Waals surface area contributed by atoms with Crippen molar-refractivity contribution in [2.45, 2.75) is 51.5 Å². The minimum absolute atomic E-state index is 0.00192. The molecule has 152 valence electrons. The predicted molar refractivity (Wildman–Crippen MR) is 109 cm³/mol. The van der Waals surface area contributed by atoms with Gasteiger partial charge in [0.1, 0.15) is 6.54 Å². The number of aryl methyl sites for hydroxylation is 2. The molecule has 28 heavy (non-hydrogen) atoms. The van der Waals surface area contributed by atoms with Gasteiger partial charge in [0.15, 0.2) is 0 Å². The molecule has 0 spiro atoms. The van der Waals surface area contributed by atoms with E-state index in [0.29, 0.717) is 35.2 Å². The van der Waals surface area contributed by atoms with Gasteiger partial charge in [-0.25, -0.2) is 8.42 Å². The first-order chi connectivity index (χ1) is 13.2. The number of anilines is 1. The van der Waals surface area contributed by atoms with Crippen LogP contribution in [0.1, 0.15) is 36.2 Å². The highest BCUT2D eigenvalue weighted by atomic mass is 35.5. The van der Waals surface area contributed by atoms with Gasteiger partial charge in [-0.3, -0.25) is 9.48 Å². The van der Waals surface area contributed by atoms with Crippen molar-refractivity contribution in [1.29, 1.82) is 0 Å². The summed E-state index contributed by atoms with van der Waals surface area (Å²) >= 11 is 6.13. The molecule has 2 heterocycles. The third-order valence-electron chi connectivity index (χ3n) is 5.02. The van der Waals surface area contributed by atoms with E-state index in [9.17, 15) is 13.2 Å². The Balaban J connectivity index is 1.79. The van der Waals surface area contributed by atoms with E-state index in [2.05, 4.69) is 10.4 Å². The maximum Gasteiger partial charge on any atom is 0.246 e. The number of sulfonamides is 1. The van der Waals surface area contributed by atoms with Crippen LogP contribution in [0.5, 0.6) is 0 Å². The van der Waals surface area contributed by atoms with Crippen LogP contribution in [0.2, 0.25) is 5.02 Å². The van der Waals surface area contributed by atoms with Crippen molar-refractivity contribution in [2.75, 3.05) is 18.4 Å². The molecule has 2 aromatic rings. The highest BCUT2D eigenvalue weighted by molar-refractivity contribution is 7.89. The summed E-state index contributed by atoms with van der Waals surface area (Å²) in [4.78, 5) is 12.7. The third-order valence-corrected chi connectivity index (χ3v) is 7.46. The summed E-state index contributed by atoms with van der Waals surface area (Å²) in [6.45, 7) is 6.48. The molecule has 9 heteroatoms. The Kier molecular flexibility index (Phi) is 6.12. The molecule has 1 saturated heterocycles. The van der Waals surface area contributed by atoms with Gasteiger partial charge in [-0.1, -0.05) is 24.1 Å². The number of carbonyl (C=O) groups is 1. The molecule has 0 aliphatic carbocycles. The molecule has 1 fully saturated rings. The van der Waals surface area contributed by atoms with Gasteiger partial charge in [-0.15, -0.1) is 0 Å². The van der Waals surface area contributed by atoms with Crippen LogP contribution in [0.15, 0.2) is 23.1 Å². The van der Waals surface area contributed by atoms with Gasteiger partial charge in [0.25, 0.3) is 0 Å². The molecule has 1 N–H and O–H groups in total. The number of amides is 1. The molecule has 1 amide bonds. The summed E-state index contributed by atoms with van der Waals surface area (Å²) in [5.41, 5.74) is 2.65. The zero-order chi connectivity index (χ0) is 20.5. The highest BCUT2D eigenvalue weighted by Gasteiger charge is 2.26. The van der Waals surface area contributed by atoms with Crippen molar-refractivity contribution in [3.8, 4) is 0 Å². The van der Waals surface area contributed by atoms with Gasteiger partial charge in [0.05, 0.1) is 21.3 Å². The lowest BCUT2D eigenvalue weighted by atomic mass is 10.2. The summed E-state index contributed by atoms with van der Waals surface area (Å²) in [6.07, 6.45) is 2.80. The molecule has 0 saturated carbocycles. The van der Waals surface area contributed by atoms with E-state index in [1.807, 2.05) is 6.92 Å². The van der Waals surface area contributed by atoms with E-state index in [0.717, 1.165) is 24.8 Å². The van der Waals surface area contributed by atoms with Gasteiger partial charge in [-0.2, -0.15) is 9.40 Å². The third kappa shape index (κ3) is 4.24. The minimum atomic E-state index is -3.56. The zero-order valence-electron chi connectivity index (χ0n) is 16.3. The Morgan fingerprint density at radius 1 is 1.18 bits per heavy atom. The normalized spacial score (nSPS) is 15.6. The lowest BCUT2D eigenvalue weighted by Gasteiger charge is -2.26. The molecule has 1 aliphatic heterocycles. The largest absolute Gasteiger partial charge is 0.324 e. The average Bonchev–Trinajstić information content (AvgIpc) is 2.90. The second-order valence-electron chi connectivity index (χ2n) is 7.13. The molecule has 0 atom stereocenters. The van der Waals surface area contributed by atoms with Crippen molar-refractivity contribution in [3.05, 3.63) is 40.2 Å². The number of piperidine rings is 1. The molecule has 1 aromatic carbocycles. The topological polar surface area (TPSA) is 84.3 Å². The quantitative estimate of drug-likeness (QED) is 0.798. The molecule has 1 aliphatic rings. The van der Waals surface area contributed by atoms with Crippen LogP contribution in [-0.2, 0) is 21.4 Å². The summed E-state index contributed by atoms with van der Waals surface area (Å²) in [5, 5.41) is 7.60. The van der Waals surface area contributed by atoms with E-state index >= 15 is 0 Å². The van der Waals surface area contributed by atoms with E-state index in [1.165, 1.54) is 15.1 Å². The number of halogens is 1. The Bertz CT molecular complexity index is 995. The van der Waals surface area contributed by atoms with Crippen LogP contribution in [0.4, 0.5) is 5.69 Å². The van der Waals surface area contributed by atoms with E-state index < -0.39 is 10.0 Å². The monoisotopic (exact) mass is 424 g/mol. The Hall–Kier alpha value is -1.90. The Morgan fingerprint density at radius 2 is 1.86 bits per heavy atom. The first-order valence-electron chi connectivity index (χ1n) is 9.30. The molecular weight excluding hydrogens is 400 g/mol. The molecule has 0 radical (unpaired) electrons. The summed E-state index contributed by atoms with van der Waals surface area (Å²) in [7, 11) is -3.56. The van der Waals surface area contributed by atoms with Gasteiger partial charge >= 0.3 is 0 Å². The van der Waals surface area contributed by atoms with E-state index in [4.69, 9.17) is 11.6 Å². The van der Waals surface area contributed by atoms with E-state index in [1.54, 1.807) is 26.0 Å². The second-order valence-corrected chi connectivity index (χ2v) is 9.45. The lowest BCUT2D eigenvalue weighted by Crippen LogP contribution is -2.35. The zero-order valence-corrected chi connectivity index (χ0v) is 17.9.